The number of imidazole rings is 1. The maximum Gasteiger partial charge on any atom is 0.303 e. The predicted octanol–water partition coefficient (Wildman–Crippen LogP) is 2.13. The molecule has 2 aromatic rings. The third-order valence-corrected chi connectivity index (χ3v) is 6.06. The third kappa shape index (κ3) is 8.09. The summed E-state index contributed by atoms with van der Waals surface area (Å²) in [5.74, 6) is -2.33. The van der Waals surface area contributed by atoms with Crippen molar-refractivity contribution in [3.63, 3.8) is 0 Å². The fraction of sp³-hybridized carbons (Fsp3) is 0.640. The first-order valence-corrected chi connectivity index (χ1v) is 13.0. The van der Waals surface area contributed by atoms with Crippen LogP contribution in [0.15, 0.2) is 11.1 Å². The van der Waals surface area contributed by atoms with E-state index in [4.69, 9.17) is 18.9 Å². The topological polar surface area (TPSA) is 181 Å². The smallest absolute Gasteiger partial charge is 0.303 e. The molecule has 1 saturated heterocycles. The van der Waals surface area contributed by atoms with Gasteiger partial charge in [0.2, 0.25) is 11.9 Å². The molecule has 3 heterocycles. The summed E-state index contributed by atoms with van der Waals surface area (Å²) in [7, 11) is 0. The van der Waals surface area contributed by atoms with Gasteiger partial charge in [0, 0.05) is 27.2 Å². The van der Waals surface area contributed by atoms with Crippen molar-refractivity contribution in [1.29, 1.82) is 0 Å². The van der Waals surface area contributed by atoms with Gasteiger partial charge in [-0.15, -0.1) is 0 Å². The fourth-order valence-corrected chi connectivity index (χ4v) is 4.35. The van der Waals surface area contributed by atoms with E-state index in [9.17, 15) is 24.0 Å². The number of nitrogens with one attached hydrogen (secondary N) is 2. The SMILES string of the molecule is CCCCCCCCC(=O)Nc1nc2c(ncn2C2OC(COC(C)=O)C(OC(C)=O)C2OC(C)=O)c(=O)[nH]1. The summed E-state index contributed by atoms with van der Waals surface area (Å²) >= 11 is 0. The predicted molar refractivity (Wildman–Crippen MR) is 136 cm³/mol. The molecule has 4 atom stereocenters. The van der Waals surface area contributed by atoms with Gasteiger partial charge in [-0.05, 0) is 6.42 Å². The van der Waals surface area contributed by atoms with Gasteiger partial charge in [0.25, 0.3) is 5.56 Å². The van der Waals surface area contributed by atoms with Crippen LogP contribution in [0.1, 0.15) is 78.9 Å². The molecular weight excluding hydrogens is 514 g/mol. The molecule has 0 saturated carbocycles. The number of fused-ring (bicyclic) bond motifs is 1. The first-order chi connectivity index (χ1) is 18.6. The summed E-state index contributed by atoms with van der Waals surface area (Å²) in [6.07, 6.45) is 3.20. The second-order valence-electron chi connectivity index (χ2n) is 9.32. The molecule has 0 spiro atoms. The normalized spacial score (nSPS) is 20.5. The molecule has 14 nitrogen and oxygen atoms in total. The fourth-order valence-electron chi connectivity index (χ4n) is 4.35. The molecule has 214 valence electrons. The van der Waals surface area contributed by atoms with Crippen LogP contribution in [0.5, 0.6) is 0 Å². The van der Waals surface area contributed by atoms with E-state index in [1.807, 2.05) is 0 Å². The Bertz CT molecular complexity index is 1240. The van der Waals surface area contributed by atoms with Crippen molar-refractivity contribution in [2.24, 2.45) is 0 Å². The minimum absolute atomic E-state index is 0.0329. The van der Waals surface area contributed by atoms with Gasteiger partial charge < -0.3 is 18.9 Å². The summed E-state index contributed by atoms with van der Waals surface area (Å²) in [6.45, 7) is 5.40. The second-order valence-corrected chi connectivity index (χ2v) is 9.32. The van der Waals surface area contributed by atoms with Crippen LogP contribution in [0.2, 0.25) is 0 Å². The van der Waals surface area contributed by atoms with Gasteiger partial charge in [-0.2, -0.15) is 4.98 Å². The lowest BCUT2D eigenvalue weighted by Gasteiger charge is -2.23. The maximum absolute atomic E-state index is 12.7. The van der Waals surface area contributed by atoms with Gasteiger partial charge in [0.15, 0.2) is 29.6 Å². The lowest BCUT2D eigenvalue weighted by Crippen LogP contribution is -2.40. The summed E-state index contributed by atoms with van der Waals surface area (Å²) in [5.41, 5.74) is -0.629. The lowest BCUT2D eigenvalue weighted by atomic mass is 10.1. The number of hydrogen-bond acceptors (Lipinski definition) is 11. The molecule has 2 aromatic heterocycles. The molecule has 1 aliphatic heterocycles. The zero-order valence-electron chi connectivity index (χ0n) is 22.6. The van der Waals surface area contributed by atoms with E-state index < -0.39 is 48.0 Å². The summed E-state index contributed by atoms with van der Waals surface area (Å²) < 4.78 is 23.2. The molecule has 1 fully saturated rings. The third-order valence-electron chi connectivity index (χ3n) is 6.06. The van der Waals surface area contributed by atoms with E-state index in [1.54, 1.807) is 0 Å². The van der Waals surface area contributed by atoms with Gasteiger partial charge in [-0.25, -0.2) is 4.98 Å². The van der Waals surface area contributed by atoms with Gasteiger partial charge in [0.1, 0.15) is 12.7 Å². The van der Waals surface area contributed by atoms with Crippen LogP contribution in [0.3, 0.4) is 0 Å². The monoisotopic (exact) mass is 549 g/mol. The van der Waals surface area contributed by atoms with Crippen molar-refractivity contribution < 1.29 is 38.1 Å². The number of carbonyl (C=O) groups is 4. The molecule has 4 unspecified atom stereocenters. The van der Waals surface area contributed by atoms with Crippen LogP contribution in [-0.4, -0.2) is 68.3 Å². The van der Waals surface area contributed by atoms with E-state index in [1.165, 1.54) is 38.1 Å². The number of unbranched alkanes of at least 4 members (excludes halogenated alkanes) is 5. The van der Waals surface area contributed by atoms with Crippen LogP contribution in [0.25, 0.3) is 11.2 Å². The van der Waals surface area contributed by atoms with Crippen LogP contribution >= 0.6 is 0 Å². The van der Waals surface area contributed by atoms with Crippen molar-refractivity contribution in [1.82, 2.24) is 19.5 Å². The highest BCUT2D eigenvalue weighted by molar-refractivity contribution is 5.89. The zero-order valence-corrected chi connectivity index (χ0v) is 22.6. The number of H-pyrrole nitrogens is 1. The minimum atomic E-state index is -1.18. The zero-order chi connectivity index (χ0) is 28.5. The first kappa shape index (κ1) is 29.7. The van der Waals surface area contributed by atoms with E-state index in [2.05, 4.69) is 27.2 Å². The Hall–Kier alpha value is -3.81. The Kier molecular flexibility index (Phi) is 10.5. The average molecular weight is 550 g/mol. The number of amides is 1. The maximum atomic E-state index is 12.7. The highest BCUT2D eigenvalue weighted by Gasteiger charge is 2.51. The Balaban J connectivity index is 1.86. The van der Waals surface area contributed by atoms with Crippen molar-refractivity contribution in [3.8, 4) is 0 Å². The molecule has 39 heavy (non-hydrogen) atoms. The molecule has 2 N–H and O–H groups in total. The summed E-state index contributed by atoms with van der Waals surface area (Å²) in [4.78, 5) is 71.2. The molecular formula is C25H35N5O9. The molecule has 1 amide bonds. The van der Waals surface area contributed by atoms with Gasteiger partial charge in [-0.1, -0.05) is 39.0 Å². The number of nitrogens with zero attached hydrogens (tertiary/aromatic N) is 3. The van der Waals surface area contributed by atoms with Gasteiger partial charge >= 0.3 is 17.9 Å². The Morgan fingerprint density at radius 3 is 2.33 bits per heavy atom. The highest BCUT2D eigenvalue weighted by atomic mass is 16.7. The van der Waals surface area contributed by atoms with E-state index >= 15 is 0 Å². The second kappa shape index (κ2) is 13.8. The van der Waals surface area contributed by atoms with E-state index in [0.717, 1.165) is 25.7 Å². The Morgan fingerprint density at radius 1 is 1.00 bits per heavy atom. The first-order valence-electron chi connectivity index (χ1n) is 13.0. The van der Waals surface area contributed by atoms with Crippen molar-refractivity contribution in [2.45, 2.75) is 97.2 Å². The van der Waals surface area contributed by atoms with E-state index in [-0.39, 0.29) is 36.0 Å². The number of rotatable bonds is 13. The standard InChI is InChI=1S/C25H35N5O9/c1-5-6-7-8-9-10-11-18(34)27-25-28-22-19(23(35)29-25)26-13-30(22)24-21(38-16(4)33)20(37-15(3)32)17(39-24)12-36-14(2)31/h13,17,20-21,24H,5-12H2,1-4H3,(H2,27,28,29,34,35). The molecule has 0 bridgehead atoms. The van der Waals surface area contributed by atoms with Gasteiger partial charge in [0.05, 0.1) is 6.33 Å². The van der Waals surface area contributed by atoms with Gasteiger partial charge in [-0.3, -0.25) is 38.8 Å². The number of aromatic amines is 1. The van der Waals surface area contributed by atoms with Crippen molar-refractivity contribution in [3.05, 3.63) is 16.7 Å². The van der Waals surface area contributed by atoms with Crippen molar-refractivity contribution in [2.75, 3.05) is 11.9 Å². The van der Waals surface area contributed by atoms with E-state index in [0.29, 0.717) is 6.42 Å². The Morgan fingerprint density at radius 2 is 1.67 bits per heavy atom. The molecule has 14 heteroatoms. The number of ether oxygens (including phenoxy) is 4. The molecule has 1 aliphatic rings. The lowest BCUT2D eigenvalue weighted by molar-refractivity contribution is -0.166. The van der Waals surface area contributed by atoms with Crippen LogP contribution in [0, 0.1) is 0 Å². The number of hydrogen-bond donors (Lipinski definition) is 2. The minimum Gasteiger partial charge on any atom is -0.463 e. The summed E-state index contributed by atoms with van der Waals surface area (Å²) in [5, 5.41) is 2.60. The van der Waals surface area contributed by atoms with Crippen LogP contribution < -0.4 is 10.9 Å². The molecule has 3 rings (SSSR count). The molecule has 0 aliphatic carbocycles. The van der Waals surface area contributed by atoms with Crippen LogP contribution in [-0.2, 0) is 38.1 Å². The van der Waals surface area contributed by atoms with Crippen molar-refractivity contribution >= 4 is 40.9 Å². The Labute approximate surface area is 224 Å². The average Bonchev–Trinajstić information content (AvgIpc) is 3.41. The summed E-state index contributed by atoms with van der Waals surface area (Å²) in [6, 6.07) is 0. The largest absolute Gasteiger partial charge is 0.463 e. The molecule has 0 aromatic carbocycles. The quantitative estimate of drug-likeness (QED) is 0.212. The highest BCUT2D eigenvalue weighted by Crippen LogP contribution is 2.35. The number of anilines is 1. The number of aromatic nitrogens is 4. The van der Waals surface area contributed by atoms with Crippen LogP contribution in [0.4, 0.5) is 5.95 Å². The number of esters is 3. The number of carbonyl (C=O) groups excluding carboxylic acids is 4. The molecule has 0 radical (unpaired) electrons.